The van der Waals surface area contributed by atoms with Gasteiger partial charge in [-0.3, -0.25) is 9.59 Å². The Morgan fingerprint density at radius 1 is 0.840 bits per heavy atom. The zero-order chi connectivity index (χ0) is 38.3. The van der Waals surface area contributed by atoms with Crippen LogP contribution in [0.1, 0.15) is 95.9 Å². The van der Waals surface area contributed by atoms with E-state index in [1.807, 2.05) is 0 Å². The van der Waals surface area contributed by atoms with Crippen LogP contribution in [0.2, 0.25) is 0 Å². The summed E-state index contributed by atoms with van der Waals surface area (Å²) in [6.07, 6.45) is -9.08. The number of rotatable bonds is 12. The molecule has 0 spiro atoms. The van der Waals surface area contributed by atoms with Crippen LogP contribution in [-0.4, -0.2) is 62.5 Å². The fourth-order valence-corrected chi connectivity index (χ4v) is 4.86. The molecule has 282 valence electrons. The number of carbonyl (C=O) groups excluding carboxylic acids is 1. The number of ether oxygens (including phenoxy) is 2. The zero-order valence-corrected chi connectivity index (χ0v) is 27.8. The van der Waals surface area contributed by atoms with Gasteiger partial charge in [-0.25, -0.2) is 8.78 Å². The number of aliphatic hydroxyl groups is 2. The second kappa shape index (κ2) is 16.1. The zero-order valence-electron chi connectivity index (χ0n) is 27.8. The predicted molar refractivity (Wildman–Crippen MR) is 164 cm³/mol. The molecule has 0 aliphatic heterocycles. The third-order valence-corrected chi connectivity index (χ3v) is 7.77. The van der Waals surface area contributed by atoms with E-state index in [-0.39, 0.29) is 43.2 Å². The van der Waals surface area contributed by atoms with Crippen molar-refractivity contribution in [2.75, 3.05) is 0 Å². The largest absolute Gasteiger partial charge is 0.573 e. The number of nitrogens with one attached hydrogen (secondary N) is 1. The van der Waals surface area contributed by atoms with E-state index in [4.69, 9.17) is 10.8 Å². The van der Waals surface area contributed by atoms with Gasteiger partial charge in [0.2, 0.25) is 5.91 Å². The first-order valence-electron chi connectivity index (χ1n) is 15.4. The number of hydrogen-bond donors (Lipinski definition) is 5. The Hall–Kier alpha value is -3.70. The van der Waals surface area contributed by atoms with E-state index in [0.717, 1.165) is 6.07 Å². The molecule has 0 aromatic heterocycles. The Morgan fingerprint density at radius 2 is 1.30 bits per heavy atom. The molecule has 0 heterocycles. The minimum absolute atomic E-state index is 0.114. The van der Waals surface area contributed by atoms with Crippen LogP contribution < -0.4 is 20.5 Å². The molecule has 2 aromatic carbocycles. The number of hydrogen-bond acceptors (Lipinski definition) is 7. The summed E-state index contributed by atoms with van der Waals surface area (Å²) >= 11 is 0. The lowest BCUT2D eigenvalue weighted by Gasteiger charge is -2.25. The number of halogens is 8. The van der Waals surface area contributed by atoms with Crippen molar-refractivity contribution in [3.05, 3.63) is 59.7 Å². The number of benzene rings is 2. The molecule has 2 aromatic rings. The van der Waals surface area contributed by atoms with Crippen LogP contribution >= 0.6 is 0 Å². The molecule has 6 N–H and O–H groups in total. The highest BCUT2D eigenvalue weighted by atomic mass is 19.4. The maximum absolute atomic E-state index is 13.8. The van der Waals surface area contributed by atoms with Crippen LogP contribution in [0.15, 0.2) is 48.5 Å². The average molecular weight is 731 g/mol. The Balaban J connectivity index is 0.000000291. The minimum atomic E-state index is -4.80. The second-order valence-electron chi connectivity index (χ2n) is 13.1. The average Bonchev–Trinajstić information content (AvgIpc) is 3.85. The number of carboxylic acid groups (broad SMARTS) is 1. The molecule has 9 nitrogen and oxygen atoms in total. The number of carbonyl (C=O) groups is 2. The SMILES string of the molecule is CC(O)(CC(=O)O)C1(F)CC1.C[C@H](N)c1cccc(OC(F)(F)F)c1.C[C@H](NC(=O)CC(C)(O)CC1(F)CC1)c1cccc(OC(F)(F)F)c1. The van der Waals surface area contributed by atoms with Gasteiger partial charge in [0.05, 0.1) is 24.5 Å². The molecule has 0 bridgehead atoms. The molecule has 50 heavy (non-hydrogen) atoms. The molecule has 4 rings (SSSR count). The molecule has 1 amide bonds. The van der Waals surface area contributed by atoms with Gasteiger partial charge in [0.1, 0.15) is 28.4 Å². The number of alkyl halides is 8. The molecule has 17 heteroatoms. The number of carboxylic acids is 1. The number of amides is 1. The minimum Gasteiger partial charge on any atom is -0.481 e. The smallest absolute Gasteiger partial charge is 0.481 e. The number of nitrogens with two attached hydrogens (primary N) is 1. The van der Waals surface area contributed by atoms with Crippen molar-refractivity contribution in [1.29, 1.82) is 0 Å². The van der Waals surface area contributed by atoms with Gasteiger partial charge >= 0.3 is 18.7 Å². The van der Waals surface area contributed by atoms with Gasteiger partial charge in [-0.2, -0.15) is 0 Å². The summed E-state index contributed by atoms with van der Waals surface area (Å²) in [6, 6.07) is 9.99. The van der Waals surface area contributed by atoms with E-state index >= 15 is 0 Å². The van der Waals surface area contributed by atoms with Crippen LogP contribution in [0.4, 0.5) is 35.1 Å². The molecule has 2 aliphatic carbocycles. The van der Waals surface area contributed by atoms with Crippen LogP contribution in [-0.2, 0) is 9.59 Å². The highest BCUT2D eigenvalue weighted by molar-refractivity contribution is 5.77. The van der Waals surface area contributed by atoms with Crippen molar-refractivity contribution in [2.45, 2.75) is 120 Å². The topological polar surface area (TPSA) is 151 Å². The molecule has 2 fully saturated rings. The normalized spacial score (nSPS) is 19.3. The standard InChI is InChI=1S/C17H21F4NO3.C9H10F3NO.C7H11FO3/c1-11(12-4-3-5-13(8-12)25-17(19,20)21)22-14(23)9-15(2,24)10-16(18)6-7-16;1-6(13)7-3-2-4-8(5-7)14-9(10,11)12;1-6(11,4-5(9)10)7(8)2-3-7/h3-5,8,11,24H,6-7,9-10H2,1-2H3,(H,22,23);2-6H,13H2,1H3;11H,2-4H2,1H3,(H,9,10)/t11-,15?;6-;/m00./s1. The van der Waals surface area contributed by atoms with Crippen LogP contribution in [0, 0.1) is 0 Å². The molecule has 2 aliphatic rings. The Bertz CT molecular complexity index is 1440. The lowest BCUT2D eigenvalue weighted by atomic mass is 9.93. The van der Waals surface area contributed by atoms with E-state index in [0.29, 0.717) is 24.0 Å². The molecule has 2 saturated carbocycles. The molecule has 0 saturated heterocycles. The van der Waals surface area contributed by atoms with Gasteiger partial charge in [-0.05, 0) is 88.8 Å². The van der Waals surface area contributed by atoms with Gasteiger partial charge < -0.3 is 35.8 Å². The molecular formula is C33H42F8N2O7. The summed E-state index contributed by atoms with van der Waals surface area (Å²) in [7, 11) is 0. The lowest BCUT2D eigenvalue weighted by Crippen LogP contribution is -2.40. The van der Waals surface area contributed by atoms with Gasteiger partial charge in [0, 0.05) is 12.5 Å². The highest BCUT2D eigenvalue weighted by Crippen LogP contribution is 2.50. The fourth-order valence-electron chi connectivity index (χ4n) is 4.86. The van der Waals surface area contributed by atoms with Crippen LogP contribution in [0.5, 0.6) is 11.5 Å². The van der Waals surface area contributed by atoms with Crippen molar-refractivity contribution >= 4 is 11.9 Å². The van der Waals surface area contributed by atoms with E-state index in [9.17, 15) is 54.9 Å². The van der Waals surface area contributed by atoms with Crippen molar-refractivity contribution in [1.82, 2.24) is 5.32 Å². The Morgan fingerprint density at radius 3 is 1.70 bits per heavy atom. The van der Waals surface area contributed by atoms with Crippen LogP contribution in [0.25, 0.3) is 0 Å². The van der Waals surface area contributed by atoms with Crippen LogP contribution in [0.3, 0.4) is 0 Å². The maximum Gasteiger partial charge on any atom is 0.573 e. The second-order valence-corrected chi connectivity index (χ2v) is 13.1. The molecule has 4 atom stereocenters. The summed E-state index contributed by atoms with van der Waals surface area (Å²) < 4.78 is 107. The third-order valence-electron chi connectivity index (χ3n) is 7.77. The van der Waals surface area contributed by atoms with E-state index in [1.54, 1.807) is 26.0 Å². The summed E-state index contributed by atoms with van der Waals surface area (Å²) in [6.45, 7) is 5.91. The summed E-state index contributed by atoms with van der Waals surface area (Å²) in [5, 5.41) is 30.4. The lowest BCUT2D eigenvalue weighted by molar-refractivity contribution is -0.275. The maximum atomic E-state index is 13.8. The fraction of sp³-hybridized carbons (Fsp3) is 0.576. The quantitative estimate of drug-likeness (QED) is 0.145. The molecule has 2 unspecified atom stereocenters. The summed E-state index contributed by atoms with van der Waals surface area (Å²) in [4.78, 5) is 22.2. The monoisotopic (exact) mass is 730 g/mol. The van der Waals surface area contributed by atoms with Crippen molar-refractivity contribution in [3.63, 3.8) is 0 Å². The predicted octanol–water partition coefficient (Wildman–Crippen LogP) is 7.11. The van der Waals surface area contributed by atoms with Gasteiger partial charge in [0.25, 0.3) is 0 Å². The number of aliphatic carboxylic acids is 1. The third kappa shape index (κ3) is 15.5. The summed E-state index contributed by atoms with van der Waals surface area (Å²) in [5.74, 6) is -2.30. The first-order valence-corrected chi connectivity index (χ1v) is 15.4. The van der Waals surface area contributed by atoms with E-state index < -0.39 is 59.6 Å². The van der Waals surface area contributed by atoms with Gasteiger partial charge in [-0.1, -0.05) is 24.3 Å². The summed E-state index contributed by atoms with van der Waals surface area (Å²) in [5.41, 5.74) is 0.320. The Labute approximate surface area is 283 Å². The van der Waals surface area contributed by atoms with Crippen molar-refractivity contribution in [2.24, 2.45) is 5.73 Å². The first-order chi connectivity index (χ1) is 22.6. The first kappa shape index (κ1) is 42.5. The molecule has 0 radical (unpaired) electrons. The van der Waals surface area contributed by atoms with Crippen molar-refractivity contribution in [3.8, 4) is 11.5 Å². The van der Waals surface area contributed by atoms with E-state index in [2.05, 4.69) is 14.8 Å². The Kier molecular flexibility index (Phi) is 13.7. The van der Waals surface area contributed by atoms with Gasteiger partial charge in [0.15, 0.2) is 0 Å². The van der Waals surface area contributed by atoms with Gasteiger partial charge in [-0.15, -0.1) is 26.3 Å². The highest BCUT2D eigenvalue weighted by Gasteiger charge is 2.58. The van der Waals surface area contributed by atoms with Crippen molar-refractivity contribution < 1.29 is 69.5 Å². The molecular weight excluding hydrogens is 688 g/mol. The van der Waals surface area contributed by atoms with E-state index in [1.165, 1.54) is 44.2 Å².